The van der Waals surface area contributed by atoms with E-state index >= 15 is 0 Å². The molecule has 0 aromatic heterocycles. The van der Waals surface area contributed by atoms with Crippen LogP contribution in [0.2, 0.25) is 0 Å². The molecule has 0 aromatic rings. The molecule has 0 aromatic carbocycles. The third-order valence-corrected chi connectivity index (χ3v) is 6.18. The van der Waals surface area contributed by atoms with E-state index in [1.807, 2.05) is 13.8 Å². The average Bonchev–Trinajstić information content (AvgIpc) is 2.17. The zero-order chi connectivity index (χ0) is 13.4. The van der Waals surface area contributed by atoms with Gasteiger partial charge in [0.05, 0.1) is 4.75 Å². The topological polar surface area (TPSA) is 54.5 Å². The van der Waals surface area contributed by atoms with Crippen molar-refractivity contribution in [1.82, 2.24) is 4.90 Å². The van der Waals surface area contributed by atoms with Crippen molar-refractivity contribution in [3.63, 3.8) is 0 Å². The lowest BCUT2D eigenvalue weighted by Gasteiger charge is -2.40. The number of nitrogens with zero attached hydrogens (tertiary/aromatic N) is 1. The number of hydrogen-bond acceptors (Lipinski definition) is 4. The van der Waals surface area contributed by atoms with Gasteiger partial charge in [0.15, 0.2) is 9.84 Å². The number of ketones is 1. The first-order chi connectivity index (χ1) is 7.56. The van der Waals surface area contributed by atoms with E-state index in [1.165, 1.54) is 6.26 Å². The lowest BCUT2D eigenvalue weighted by molar-refractivity contribution is -0.127. The standard InChI is InChI=1S/C12H23NO3S/c1-9-10(2)13(7-6-11(9)14)8-12(3,4)17(5,15)16/h9-10H,6-8H2,1-5H3. The molecule has 4 nitrogen and oxygen atoms in total. The molecule has 0 aliphatic carbocycles. The Hall–Kier alpha value is -0.420. The second-order valence-electron chi connectivity index (χ2n) is 5.75. The number of carbonyl (C=O) groups is 1. The summed E-state index contributed by atoms with van der Waals surface area (Å²) in [6.07, 6.45) is 1.81. The van der Waals surface area contributed by atoms with Crippen molar-refractivity contribution in [3.05, 3.63) is 0 Å². The third kappa shape index (κ3) is 3.07. The van der Waals surface area contributed by atoms with E-state index < -0.39 is 14.6 Å². The van der Waals surface area contributed by atoms with Crippen LogP contribution >= 0.6 is 0 Å². The molecule has 1 rings (SSSR count). The van der Waals surface area contributed by atoms with Crippen molar-refractivity contribution in [2.75, 3.05) is 19.3 Å². The zero-order valence-electron chi connectivity index (χ0n) is 11.4. The molecule has 100 valence electrons. The van der Waals surface area contributed by atoms with Crippen molar-refractivity contribution in [2.24, 2.45) is 5.92 Å². The normalized spacial score (nSPS) is 28.4. The van der Waals surface area contributed by atoms with Crippen LogP contribution in [0.4, 0.5) is 0 Å². The summed E-state index contributed by atoms with van der Waals surface area (Å²) in [7, 11) is -3.08. The summed E-state index contributed by atoms with van der Waals surface area (Å²) in [5, 5.41) is 0. The van der Waals surface area contributed by atoms with Gasteiger partial charge in [-0.05, 0) is 20.8 Å². The van der Waals surface area contributed by atoms with Crippen LogP contribution in [0, 0.1) is 5.92 Å². The van der Waals surface area contributed by atoms with E-state index in [9.17, 15) is 13.2 Å². The maximum Gasteiger partial charge on any atom is 0.153 e. The van der Waals surface area contributed by atoms with Gasteiger partial charge in [-0.15, -0.1) is 0 Å². The fraction of sp³-hybridized carbons (Fsp3) is 0.917. The number of piperidine rings is 1. The van der Waals surface area contributed by atoms with E-state index in [4.69, 9.17) is 0 Å². The molecule has 0 amide bonds. The zero-order valence-corrected chi connectivity index (χ0v) is 12.2. The van der Waals surface area contributed by atoms with E-state index in [-0.39, 0.29) is 17.7 Å². The first-order valence-corrected chi connectivity index (χ1v) is 7.92. The Labute approximate surface area is 104 Å². The van der Waals surface area contributed by atoms with Crippen molar-refractivity contribution >= 4 is 15.6 Å². The molecule has 0 saturated carbocycles. The molecule has 1 aliphatic heterocycles. The Balaban J connectivity index is 2.80. The number of rotatable bonds is 3. The van der Waals surface area contributed by atoms with Crippen molar-refractivity contribution in [2.45, 2.75) is 44.9 Å². The molecule has 0 N–H and O–H groups in total. The van der Waals surface area contributed by atoms with Gasteiger partial charge in [-0.3, -0.25) is 9.69 Å². The summed E-state index contributed by atoms with van der Waals surface area (Å²) in [6.45, 7) is 8.58. The molecule has 1 fully saturated rings. The lowest BCUT2D eigenvalue weighted by Crippen LogP contribution is -2.53. The van der Waals surface area contributed by atoms with E-state index in [2.05, 4.69) is 4.90 Å². The number of Topliss-reactive ketones (excluding diaryl/α,β-unsaturated/α-hetero) is 1. The second kappa shape index (κ2) is 4.69. The molecule has 2 atom stereocenters. The summed E-state index contributed by atoms with van der Waals surface area (Å²) in [5.74, 6) is 0.282. The summed E-state index contributed by atoms with van der Waals surface area (Å²) in [6, 6.07) is 0.122. The van der Waals surface area contributed by atoms with Crippen molar-refractivity contribution in [1.29, 1.82) is 0 Å². The number of sulfone groups is 1. The number of likely N-dealkylation sites (tertiary alicyclic amines) is 1. The van der Waals surface area contributed by atoms with Crippen LogP contribution in [-0.2, 0) is 14.6 Å². The molecule has 0 bridgehead atoms. The molecule has 5 heteroatoms. The third-order valence-electron chi connectivity index (χ3n) is 4.04. The average molecular weight is 261 g/mol. The molecule has 2 unspecified atom stereocenters. The highest BCUT2D eigenvalue weighted by Crippen LogP contribution is 2.25. The Morgan fingerprint density at radius 3 is 2.35 bits per heavy atom. The highest BCUT2D eigenvalue weighted by atomic mass is 32.2. The van der Waals surface area contributed by atoms with Gasteiger partial charge < -0.3 is 0 Å². The van der Waals surface area contributed by atoms with Gasteiger partial charge in [0.25, 0.3) is 0 Å². The number of carbonyl (C=O) groups excluding carboxylic acids is 1. The summed E-state index contributed by atoms with van der Waals surface area (Å²) >= 11 is 0. The highest BCUT2D eigenvalue weighted by molar-refractivity contribution is 7.92. The minimum absolute atomic E-state index is 0.000824. The fourth-order valence-corrected chi connectivity index (χ4v) is 2.50. The SMILES string of the molecule is CC1C(=O)CCN(CC(C)(C)S(C)(=O)=O)C1C. The van der Waals surface area contributed by atoms with Gasteiger partial charge in [-0.2, -0.15) is 0 Å². The molecule has 1 saturated heterocycles. The molecule has 0 spiro atoms. The lowest BCUT2D eigenvalue weighted by atomic mass is 9.90. The molecular formula is C12H23NO3S. The molecule has 1 heterocycles. The maximum absolute atomic E-state index is 11.7. The maximum atomic E-state index is 11.7. The summed E-state index contributed by atoms with van der Waals surface area (Å²) in [4.78, 5) is 13.7. The van der Waals surface area contributed by atoms with Crippen LogP contribution in [0.1, 0.15) is 34.1 Å². The Bertz CT molecular complexity index is 400. The van der Waals surface area contributed by atoms with Gasteiger partial charge in [-0.25, -0.2) is 8.42 Å². The van der Waals surface area contributed by atoms with Crippen molar-refractivity contribution in [3.8, 4) is 0 Å². The smallest absolute Gasteiger partial charge is 0.153 e. The highest BCUT2D eigenvalue weighted by Gasteiger charge is 2.37. The predicted molar refractivity (Wildman–Crippen MR) is 68.7 cm³/mol. The van der Waals surface area contributed by atoms with Gasteiger partial charge >= 0.3 is 0 Å². The fourth-order valence-electron chi connectivity index (χ4n) is 2.10. The van der Waals surface area contributed by atoms with Crippen LogP contribution in [0.5, 0.6) is 0 Å². The van der Waals surface area contributed by atoms with Crippen LogP contribution in [0.25, 0.3) is 0 Å². The van der Waals surface area contributed by atoms with E-state index in [0.717, 1.165) is 0 Å². The molecule has 0 radical (unpaired) electrons. The Kier molecular flexibility index (Phi) is 4.04. The Morgan fingerprint density at radius 1 is 1.35 bits per heavy atom. The first kappa shape index (κ1) is 14.6. The molecular weight excluding hydrogens is 238 g/mol. The van der Waals surface area contributed by atoms with Gasteiger partial charge in [-0.1, -0.05) is 6.92 Å². The first-order valence-electron chi connectivity index (χ1n) is 6.02. The summed E-state index contributed by atoms with van der Waals surface area (Å²) in [5.41, 5.74) is 0. The van der Waals surface area contributed by atoms with Crippen LogP contribution in [0.15, 0.2) is 0 Å². The monoisotopic (exact) mass is 261 g/mol. The minimum Gasteiger partial charge on any atom is -0.299 e. The molecule has 1 aliphatic rings. The predicted octanol–water partition coefficient (Wildman–Crippen LogP) is 1.11. The van der Waals surface area contributed by atoms with Gasteiger partial charge in [0.1, 0.15) is 5.78 Å². The number of hydrogen-bond donors (Lipinski definition) is 0. The molecule has 17 heavy (non-hydrogen) atoms. The van der Waals surface area contributed by atoms with Crippen LogP contribution in [-0.4, -0.2) is 49.2 Å². The minimum atomic E-state index is -3.08. The second-order valence-corrected chi connectivity index (χ2v) is 8.40. The summed E-state index contributed by atoms with van der Waals surface area (Å²) < 4.78 is 22.6. The van der Waals surface area contributed by atoms with Gasteiger partial charge in [0.2, 0.25) is 0 Å². The van der Waals surface area contributed by atoms with Crippen molar-refractivity contribution < 1.29 is 13.2 Å². The van der Waals surface area contributed by atoms with Crippen LogP contribution < -0.4 is 0 Å². The quantitative estimate of drug-likeness (QED) is 0.763. The van der Waals surface area contributed by atoms with E-state index in [0.29, 0.717) is 19.5 Å². The van der Waals surface area contributed by atoms with Gasteiger partial charge in [0, 0.05) is 37.7 Å². The largest absolute Gasteiger partial charge is 0.299 e. The Morgan fingerprint density at radius 2 is 1.88 bits per heavy atom. The van der Waals surface area contributed by atoms with E-state index in [1.54, 1.807) is 13.8 Å². The van der Waals surface area contributed by atoms with Crippen LogP contribution in [0.3, 0.4) is 0 Å².